The Morgan fingerprint density at radius 1 is 1.26 bits per heavy atom. The van der Waals surface area contributed by atoms with E-state index in [4.69, 9.17) is 4.74 Å². The van der Waals surface area contributed by atoms with Gasteiger partial charge < -0.3 is 15.0 Å². The number of imidazole rings is 1. The van der Waals surface area contributed by atoms with Gasteiger partial charge in [0.25, 0.3) is 0 Å². The van der Waals surface area contributed by atoms with E-state index in [9.17, 15) is 4.79 Å². The molecule has 0 amide bonds. The molecule has 0 bridgehead atoms. The average Bonchev–Trinajstić information content (AvgIpc) is 3.05. The number of para-hydroxylation sites is 1. The zero-order valence-electron chi connectivity index (χ0n) is 12.5. The van der Waals surface area contributed by atoms with Crippen LogP contribution < -0.4 is 5.32 Å². The molecule has 0 aliphatic carbocycles. The van der Waals surface area contributed by atoms with Crippen LogP contribution in [0.2, 0.25) is 0 Å². The summed E-state index contributed by atoms with van der Waals surface area (Å²) in [4.78, 5) is 27.6. The first-order chi connectivity index (χ1) is 11.3. The first-order valence-electron chi connectivity index (χ1n) is 7.13. The lowest BCUT2D eigenvalue weighted by Gasteiger charge is -2.08. The van der Waals surface area contributed by atoms with E-state index in [1.54, 1.807) is 13.1 Å². The van der Waals surface area contributed by atoms with E-state index in [0.29, 0.717) is 22.4 Å². The Morgan fingerprint density at radius 2 is 2.09 bits per heavy atom. The summed E-state index contributed by atoms with van der Waals surface area (Å²) in [5.74, 6) is -0.467. The molecule has 2 heterocycles. The van der Waals surface area contributed by atoms with Gasteiger partial charge in [-0.3, -0.25) is 0 Å². The first-order valence-corrected chi connectivity index (χ1v) is 7.13. The van der Waals surface area contributed by atoms with Gasteiger partial charge >= 0.3 is 5.97 Å². The molecule has 1 aromatic carbocycles. The van der Waals surface area contributed by atoms with Gasteiger partial charge in [0, 0.05) is 11.9 Å². The molecule has 3 aromatic rings. The molecule has 2 N–H and O–H groups in total. The Kier molecular flexibility index (Phi) is 4.28. The van der Waals surface area contributed by atoms with E-state index >= 15 is 0 Å². The third kappa shape index (κ3) is 3.18. The van der Waals surface area contributed by atoms with Gasteiger partial charge in [-0.2, -0.15) is 0 Å². The molecule has 0 aliphatic rings. The number of H-pyrrole nitrogens is 1. The van der Waals surface area contributed by atoms with Gasteiger partial charge in [-0.15, -0.1) is 0 Å². The number of carbonyl (C=O) groups excluding carboxylic acids is 1. The van der Waals surface area contributed by atoms with Crippen molar-refractivity contribution in [3.63, 3.8) is 0 Å². The van der Waals surface area contributed by atoms with Gasteiger partial charge in [0.05, 0.1) is 12.9 Å². The standard InChI is InChI=1S/C16H15N5O2/c1-2-23-16(22)12(8-17-11-6-4-3-5-7-11)13-14-15(20-9-18-13)21-10-19-14/h3-10,17H,2H2,1H3,(H,18,19,20,21)/b12-8+. The Labute approximate surface area is 132 Å². The van der Waals surface area contributed by atoms with Crippen LogP contribution in [0.15, 0.2) is 49.2 Å². The summed E-state index contributed by atoms with van der Waals surface area (Å²) in [5.41, 5.74) is 2.66. The molecule has 7 nitrogen and oxygen atoms in total. The molecule has 2 aromatic heterocycles. The summed E-state index contributed by atoms with van der Waals surface area (Å²) in [7, 11) is 0. The van der Waals surface area contributed by atoms with Crippen molar-refractivity contribution in [1.82, 2.24) is 19.9 Å². The number of benzene rings is 1. The van der Waals surface area contributed by atoms with E-state index in [1.165, 1.54) is 12.7 Å². The monoisotopic (exact) mass is 309 g/mol. The number of anilines is 1. The maximum atomic E-state index is 12.3. The molecule has 0 saturated heterocycles. The van der Waals surface area contributed by atoms with E-state index < -0.39 is 5.97 Å². The molecular weight excluding hydrogens is 294 g/mol. The van der Waals surface area contributed by atoms with Crippen molar-refractivity contribution in [2.24, 2.45) is 0 Å². The minimum atomic E-state index is -0.467. The number of ether oxygens (including phenoxy) is 1. The fourth-order valence-corrected chi connectivity index (χ4v) is 2.09. The second-order valence-corrected chi connectivity index (χ2v) is 4.61. The molecule has 0 unspecified atom stereocenters. The number of rotatable bonds is 5. The van der Waals surface area contributed by atoms with Crippen LogP contribution in [-0.2, 0) is 9.53 Å². The smallest absolute Gasteiger partial charge is 0.341 e. The minimum absolute atomic E-state index is 0.277. The third-order valence-electron chi connectivity index (χ3n) is 3.13. The lowest BCUT2D eigenvalue weighted by atomic mass is 10.1. The van der Waals surface area contributed by atoms with E-state index in [0.717, 1.165) is 5.69 Å². The summed E-state index contributed by atoms with van der Waals surface area (Å²) >= 11 is 0. The second-order valence-electron chi connectivity index (χ2n) is 4.61. The fourth-order valence-electron chi connectivity index (χ4n) is 2.09. The van der Waals surface area contributed by atoms with Crippen LogP contribution in [0.1, 0.15) is 12.6 Å². The number of nitrogens with zero attached hydrogens (tertiary/aromatic N) is 3. The lowest BCUT2D eigenvalue weighted by Crippen LogP contribution is -2.10. The van der Waals surface area contributed by atoms with Crippen molar-refractivity contribution in [3.05, 3.63) is 54.9 Å². The third-order valence-corrected chi connectivity index (χ3v) is 3.13. The lowest BCUT2D eigenvalue weighted by molar-refractivity contribution is -0.136. The highest BCUT2D eigenvalue weighted by molar-refractivity contribution is 6.18. The van der Waals surface area contributed by atoms with Crippen LogP contribution >= 0.6 is 0 Å². The predicted octanol–water partition coefficient (Wildman–Crippen LogP) is 2.37. The molecule has 7 heteroatoms. The Morgan fingerprint density at radius 3 is 2.87 bits per heavy atom. The van der Waals surface area contributed by atoms with Gasteiger partial charge in [0.2, 0.25) is 0 Å². The van der Waals surface area contributed by atoms with Crippen molar-refractivity contribution in [2.75, 3.05) is 11.9 Å². The number of aromatic nitrogens is 4. The first kappa shape index (κ1) is 14.7. The van der Waals surface area contributed by atoms with E-state index in [-0.39, 0.29) is 6.61 Å². The fraction of sp³-hybridized carbons (Fsp3) is 0.125. The summed E-state index contributed by atoms with van der Waals surface area (Å²) in [6.07, 6.45) is 4.46. The largest absolute Gasteiger partial charge is 0.462 e. The summed E-state index contributed by atoms with van der Waals surface area (Å²) < 4.78 is 5.13. The van der Waals surface area contributed by atoms with E-state index in [2.05, 4.69) is 25.3 Å². The normalized spacial score (nSPS) is 11.4. The summed E-state index contributed by atoms with van der Waals surface area (Å²) in [6, 6.07) is 9.51. The van der Waals surface area contributed by atoms with Crippen LogP contribution in [0.5, 0.6) is 0 Å². The number of nitrogens with one attached hydrogen (secondary N) is 2. The molecule has 0 spiro atoms. The predicted molar refractivity (Wildman–Crippen MR) is 86.4 cm³/mol. The molecule has 23 heavy (non-hydrogen) atoms. The Balaban J connectivity index is 2.02. The number of carbonyl (C=O) groups is 1. The number of aromatic amines is 1. The highest BCUT2D eigenvalue weighted by atomic mass is 16.5. The zero-order chi connectivity index (χ0) is 16.1. The number of fused-ring (bicyclic) bond motifs is 1. The Bertz CT molecular complexity index is 842. The van der Waals surface area contributed by atoms with Crippen LogP contribution in [0.3, 0.4) is 0 Å². The van der Waals surface area contributed by atoms with Crippen LogP contribution in [-0.4, -0.2) is 32.5 Å². The maximum absolute atomic E-state index is 12.3. The number of hydrogen-bond acceptors (Lipinski definition) is 6. The summed E-state index contributed by atoms with van der Waals surface area (Å²) in [6.45, 7) is 2.03. The number of esters is 1. The van der Waals surface area contributed by atoms with Crippen LogP contribution in [0.25, 0.3) is 16.7 Å². The van der Waals surface area contributed by atoms with Gasteiger partial charge in [-0.05, 0) is 19.1 Å². The van der Waals surface area contributed by atoms with Crippen LogP contribution in [0.4, 0.5) is 5.69 Å². The topological polar surface area (TPSA) is 92.8 Å². The van der Waals surface area contributed by atoms with Gasteiger partial charge in [-0.25, -0.2) is 19.7 Å². The van der Waals surface area contributed by atoms with Crippen molar-refractivity contribution in [3.8, 4) is 0 Å². The van der Waals surface area contributed by atoms with Crippen molar-refractivity contribution >= 4 is 28.4 Å². The van der Waals surface area contributed by atoms with E-state index in [1.807, 2.05) is 30.3 Å². The highest BCUT2D eigenvalue weighted by Gasteiger charge is 2.19. The molecule has 0 saturated carbocycles. The molecular formula is C16H15N5O2. The summed E-state index contributed by atoms with van der Waals surface area (Å²) in [5, 5.41) is 3.08. The van der Waals surface area contributed by atoms with Crippen molar-refractivity contribution in [2.45, 2.75) is 6.92 Å². The quantitative estimate of drug-likeness (QED) is 0.555. The molecule has 0 aliphatic heterocycles. The van der Waals surface area contributed by atoms with Gasteiger partial charge in [-0.1, -0.05) is 18.2 Å². The van der Waals surface area contributed by atoms with Crippen molar-refractivity contribution < 1.29 is 9.53 Å². The van der Waals surface area contributed by atoms with Crippen LogP contribution in [0, 0.1) is 0 Å². The zero-order valence-corrected chi connectivity index (χ0v) is 12.5. The van der Waals surface area contributed by atoms with Gasteiger partial charge in [0.15, 0.2) is 5.65 Å². The van der Waals surface area contributed by atoms with Gasteiger partial charge in [0.1, 0.15) is 23.1 Å². The highest BCUT2D eigenvalue weighted by Crippen LogP contribution is 2.20. The molecule has 0 atom stereocenters. The second kappa shape index (κ2) is 6.69. The molecule has 0 fully saturated rings. The molecule has 0 radical (unpaired) electrons. The molecule has 3 rings (SSSR count). The SMILES string of the molecule is CCOC(=O)/C(=C/Nc1ccccc1)c1ncnc2nc[nH]c12. The van der Waals surface area contributed by atoms with Crippen molar-refractivity contribution in [1.29, 1.82) is 0 Å². The average molecular weight is 309 g/mol. The number of hydrogen-bond donors (Lipinski definition) is 2. The maximum Gasteiger partial charge on any atom is 0.341 e. The minimum Gasteiger partial charge on any atom is -0.462 e. The Hall–Kier alpha value is -3.22. The molecule has 116 valence electrons.